The smallest absolute Gasteiger partial charge is 0.203 e. The molecule has 0 bridgehead atoms. The van der Waals surface area contributed by atoms with Gasteiger partial charge >= 0.3 is 0 Å². The van der Waals surface area contributed by atoms with Gasteiger partial charge in [-0.05, 0) is 31.2 Å². The maximum atomic E-state index is 5.55. The molecule has 2 rings (SSSR count). The van der Waals surface area contributed by atoms with Crippen molar-refractivity contribution in [2.45, 2.75) is 26.2 Å². The molecule has 1 aromatic carbocycles. The molecule has 1 fully saturated rings. The summed E-state index contributed by atoms with van der Waals surface area (Å²) in [6.07, 6.45) is 3.34. The molecule has 1 aliphatic heterocycles. The zero-order valence-electron chi connectivity index (χ0n) is 16.5. The van der Waals surface area contributed by atoms with E-state index in [0.29, 0.717) is 11.5 Å². The number of rotatable bonds is 6. The van der Waals surface area contributed by atoms with Crippen LogP contribution in [0.25, 0.3) is 0 Å². The van der Waals surface area contributed by atoms with Crippen molar-refractivity contribution in [3.63, 3.8) is 0 Å². The molecule has 1 atom stereocenters. The maximum Gasteiger partial charge on any atom is 0.203 e. The minimum atomic E-state index is 0. The fourth-order valence-corrected chi connectivity index (χ4v) is 3.38. The van der Waals surface area contributed by atoms with Crippen LogP contribution in [0.4, 0.5) is 0 Å². The number of piperidine rings is 1. The lowest BCUT2D eigenvalue weighted by Crippen LogP contribution is -2.46. The monoisotopic (exact) mass is 477 g/mol. The lowest BCUT2D eigenvalue weighted by atomic mass is 10.0. The summed E-state index contributed by atoms with van der Waals surface area (Å²) in [6.45, 7) is 5.22. The number of aliphatic imine (C=N–C) groups is 1. The Morgan fingerprint density at radius 3 is 2.50 bits per heavy atom. The highest BCUT2D eigenvalue weighted by Gasteiger charge is 2.19. The van der Waals surface area contributed by atoms with E-state index in [2.05, 4.69) is 22.1 Å². The van der Waals surface area contributed by atoms with Crippen LogP contribution in [-0.2, 0) is 6.42 Å². The number of hydrogen-bond acceptors (Lipinski definition) is 4. The van der Waals surface area contributed by atoms with Crippen LogP contribution in [0, 0.1) is 5.92 Å². The predicted octanol–water partition coefficient (Wildman–Crippen LogP) is 3.18. The Bertz CT molecular complexity index is 596. The standard InChI is InChI=1S/C19H31N3O3.HI/c1-14-7-6-12-22(13-14)19(20-2)21-11-10-15-8-9-16(23-3)18(25-5)17(15)24-4;/h8-9,14H,6-7,10-13H2,1-5H3,(H,20,21);1H. The Labute approximate surface area is 174 Å². The van der Waals surface area contributed by atoms with Crippen molar-refractivity contribution in [2.24, 2.45) is 10.9 Å². The van der Waals surface area contributed by atoms with Gasteiger partial charge in [0.1, 0.15) is 0 Å². The van der Waals surface area contributed by atoms with Gasteiger partial charge in [-0.15, -0.1) is 24.0 Å². The quantitative estimate of drug-likeness (QED) is 0.388. The van der Waals surface area contributed by atoms with Crippen molar-refractivity contribution in [1.82, 2.24) is 10.2 Å². The number of nitrogens with zero attached hydrogens (tertiary/aromatic N) is 2. The highest BCUT2D eigenvalue weighted by Crippen LogP contribution is 2.39. The van der Waals surface area contributed by atoms with Crippen molar-refractivity contribution in [2.75, 3.05) is 48.0 Å². The number of likely N-dealkylation sites (tertiary alicyclic amines) is 1. The van der Waals surface area contributed by atoms with Crippen LogP contribution in [0.3, 0.4) is 0 Å². The molecule has 0 amide bonds. The molecule has 0 radical (unpaired) electrons. The summed E-state index contributed by atoms with van der Waals surface area (Å²) in [4.78, 5) is 6.78. The Hall–Kier alpha value is -1.38. The van der Waals surface area contributed by atoms with Crippen molar-refractivity contribution in [1.29, 1.82) is 0 Å². The van der Waals surface area contributed by atoms with Gasteiger partial charge in [0.25, 0.3) is 0 Å². The van der Waals surface area contributed by atoms with Crippen LogP contribution >= 0.6 is 24.0 Å². The Balaban J connectivity index is 0.00000338. The highest BCUT2D eigenvalue weighted by atomic mass is 127. The van der Waals surface area contributed by atoms with Gasteiger partial charge in [-0.2, -0.15) is 0 Å². The average molecular weight is 477 g/mol. The number of benzene rings is 1. The molecule has 1 aliphatic rings. The molecule has 0 spiro atoms. The van der Waals surface area contributed by atoms with Gasteiger partial charge < -0.3 is 24.4 Å². The molecule has 0 aliphatic carbocycles. The number of nitrogens with one attached hydrogen (secondary N) is 1. The van der Waals surface area contributed by atoms with Gasteiger partial charge in [0.2, 0.25) is 5.75 Å². The van der Waals surface area contributed by atoms with Crippen molar-refractivity contribution in [3.05, 3.63) is 17.7 Å². The Morgan fingerprint density at radius 1 is 1.19 bits per heavy atom. The number of hydrogen-bond donors (Lipinski definition) is 1. The van der Waals surface area contributed by atoms with Crippen molar-refractivity contribution >= 4 is 29.9 Å². The largest absolute Gasteiger partial charge is 0.493 e. The third kappa shape index (κ3) is 5.56. The van der Waals surface area contributed by atoms with Crippen LogP contribution in [-0.4, -0.2) is 58.9 Å². The summed E-state index contributed by atoms with van der Waals surface area (Å²) in [5.41, 5.74) is 1.08. The summed E-state index contributed by atoms with van der Waals surface area (Å²) in [7, 11) is 6.75. The van der Waals surface area contributed by atoms with Gasteiger partial charge in [0.15, 0.2) is 17.5 Å². The SMILES string of the molecule is CN=C(NCCc1ccc(OC)c(OC)c1OC)N1CCCC(C)C1.I. The van der Waals surface area contributed by atoms with E-state index in [1.165, 1.54) is 12.8 Å². The van der Waals surface area contributed by atoms with E-state index in [1.54, 1.807) is 21.3 Å². The molecule has 0 saturated carbocycles. The molecule has 1 saturated heterocycles. The maximum absolute atomic E-state index is 5.55. The zero-order chi connectivity index (χ0) is 18.2. The molecule has 1 N–H and O–H groups in total. The van der Waals surface area contributed by atoms with Crippen molar-refractivity contribution < 1.29 is 14.2 Å². The zero-order valence-corrected chi connectivity index (χ0v) is 18.8. The molecular formula is C19H32IN3O3. The van der Waals surface area contributed by atoms with E-state index >= 15 is 0 Å². The number of methoxy groups -OCH3 is 3. The normalized spacial score (nSPS) is 17.3. The van der Waals surface area contributed by atoms with E-state index in [-0.39, 0.29) is 24.0 Å². The summed E-state index contributed by atoms with van der Waals surface area (Å²) >= 11 is 0. The van der Waals surface area contributed by atoms with Crippen LogP contribution < -0.4 is 19.5 Å². The first-order valence-electron chi connectivity index (χ1n) is 8.88. The Morgan fingerprint density at radius 2 is 1.92 bits per heavy atom. The topological polar surface area (TPSA) is 55.3 Å². The van der Waals surface area contributed by atoms with Gasteiger partial charge in [0.05, 0.1) is 21.3 Å². The van der Waals surface area contributed by atoms with Gasteiger partial charge in [0, 0.05) is 32.2 Å². The number of halogens is 1. The molecule has 1 heterocycles. The van der Waals surface area contributed by atoms with Gasteiger partial charge in [-0.25, -0.2) is 0 Å². The summed E-state index contributed by atoms with van der Waals surface area (Å²) < 4.78 is 16.3. The van der Waals surface area contributed by atoms with Crippen LogP contribution in [0.1, 0.15) is 25.3 Å². The lowest BCUT2D eigenvalue weighted by molar-refractivity contribution is 0.266. The van der Waals surface area contributed by atoms with E-state index < -0.39 is 0 Å². The summed E-state index contributed by atoms with van der Waals surface area (Å²) in [5, 5.41) is 3.47. The van der Waals surface area contributed by atoms with Crippen LogP contribution in [0.5, 0.6) is 17.2 Å². The van der Waals surface area contributed by atoms with E-state index in [9.17, 15) is 0 Å². The number of ether oxygens (including phenoxy) is 3. The molecule has 0 aromatic heterocycles. The Kier molecular flexibility index (Phi) is 9.90. The lowest BCUT2D eigenvalue weighted by Gasteiger charge is -2.33. The molecule has 148 valence electrons. The molecule has 1 aromatic rings. The third-order valence-corrected chi connectivity index (χ3v) is 4.63. The van der Waals surface area contributed by atoms with E-state index in [4.69, 9.17) is 14.2 Å². The second-order valence-electron chi connectivity index (χ2n) is 6.41. The summed E-state index contributed by atoms with van der Waals surface area (Å²) in [5.74, 6) is 3.74. The first kappa shape index (κ1) is 22.7. The average Bonchev–Trinajstić information content (AvgIpc) is 2.64. The van der Waals surface area contributed by atoms with Gasteiger partial charge in [-0.3, -0.25) is 4.99 Å². The number of guanidine groups is 1. The predicted molar refractivity (Wildman–Crippen MR) is 117 cm³/mol. The van der Waals surface area contributed by atoms with Gasteiger partial charge in [-0.1, -0.05) is 13.0 Å². The van der Waals surface area contributed by atoms with Crippen LogP contribution in [0.15, 0.2) is 17.1 Å². The van der Waals surface area contributed by atoms with Crippen molar-refractivity contribution in [3.8, 4) is 17.2 Å². The fourth-order valence-electron chi connectivity index (χ4n) is 3.38. The fraction of sp³-hybridized carbons (Fsp3) is 0.632. The van der Waals surface area contributed by atoms with E-state index in [1.807, 2.05) is 19.2 Å². The second-order valence-corrected chi connectivity index (χ2v) is 6.41. The summed E-state index contributed by atoms with van der Waals surface area (Å²) in [6, 6.07) is 3.94. The van der Waals surface area contributed by atoms with E-state index in [0.717, 1.165) is 49.2 Å². The first-order chi connectivity index (χ1) is 12.1. The first-order valence-corrected chi connectivity index (χ1v) is 8.88. The minimum absolute atomic E-state index is 0. The second kappa shape index (κ2) is 11.4. The highest BCUT2D eigenvalue weighted by molar-refractivity contribution is 14.0. The molecular weight excluding hydrogens is 445 g/mol. The molecule has 6 nitrogen and oxygen atoms in total. The molecule has 7 heteroatoms. The minimum Gasteiger partial charge on any atom is -0.493 e. The van der Waals surface area contributed by atoms with Crippen LogP contribution in [0.2, 0.25) is 0 Å². The molecule has 1 unspecified atom stereocenters. The molecule has 26 heavy (non-hydrogen) atoms. The third-order valence-electron chi connectivity index (χ3n) is 4.63.